The number of nitrogens with two attached hydrogens (primary N) is 2. The topological polar surface area (TPSA) is 52.0 Å². The summed E-state index contributed by atoms with van der Waals surface area (Å²) < 4.78 is 0. The van der Waals surface area contributed by atoms with Gasteiger partial charge >= 0.3 is 0 Å². The maximum Gasteiger partial charge on any atom is 0.0505 e. The Balaban J connectivity index is 2.92. The number of rotatable bonds is 3. The molecule has 0 aliphatic heterocycles. The molecule has 0 fully saturated rings. The monoisotopic (exact) mass is 196 g/mol. The molecule has 1 aromatic rings. The van der Waals surface area contributed by atoms with Crippen LogP contribution in [-0.4, -0.2) is 12.8 Å². The zero-order valence-electron chi connectivity index (χ0n) is 8.08. The Hall–Kier alpha value is -0.510. The van der Waals surface area contributed by atoms with Crippen molar-refractivity contribution >= 4 is 11.8 Å². The van der Waals surface area contributed by atoms with Crippen LogP contribution < -0.4 is 11.5 Å². The lowest BCUT2D eigenvalue weighted by Gasteiger charge is -2.23. The molecule has 0 aliphatic carbocycles. The molecule has 0 bridgehead atoms. The van der Waals surface area contributed by atoms with Crippen molar-refractivity contribution in [1.82, 2.24) is 0 Å². The summed E-state index contributed by atoms with van der Waals surface area (Å²) in [4.78, 5) is 1.25. The smallest absolute Gasteiger partial charge is 0.0505 e. The fraction of sp³-hybridized carbons (Fsp3) is 0.400. The van der Waals surface area contributed by atoms with E-state index < -0.39 is 5.54 Å². The van der Waals surface area contributed by atoms with Crippen LogP contribution in [0.15, 0.2) is 29.2 Å². The fourth-order valence-electron chi connectivity index (χ4n) is 1.09. The van der Waals surface area contributed by atoms with Crippen LogP contribution in [0.4, 0.5) is 0 Å². The van der Waals surface area contributed by atoms with E-state index in [9.17, 15) is 0 Å². The summed E-state index contributed by atoms with van der Waals surface area (Å²) in [6.45, 7) is 2.41. The number of thioether (sulfide) groups is 1. The predicted molar refractivity (Wildman–Crippen MR) is 58.8 cm³/mol. The summed E-state index contributed by atoms with van der Waals surface area (Å²) in [7, 11) is 0. The van der Waals surface area contributed by atoms with E-state index in [-0.39, 0.29) is 0 Å². The highest BCUT2D eigenvalue weighted by molar-refractivity contribution is 7.98. The molecule has 13 heavy (non-hydrogen) atoms. The minimum Gasteiger partial charge on any atom is -0.328 e. The summed E-state index contributed by atoms with van der Waals surface area (Å²) >= 11 is 1.72. The fourth-order valence-corrected chi connectivity index (χ4v) is 1.50. The minimum absolute atomic E-state index is 0.406. The van der Waals surface area contributed by atoms with E-state index in [0.29, 0.717) is 6.54 Å². The normalized spacial score (nSPS) is 15.4. The standard InChI is InChI=1S/C10H16N2S/c1-10(12,7-11)8-3-5-9(13-2)6-4-8/h3-6H,7,11-12H2,1-2H3. The third-order valence-corrected chi connectivity index (χ3v) is 2.92. The van der Waals surface area contributed by atoms with Gasteiger partial charge in [-0.05, 0) is 30.9 Å². The van der Waals surface area contributed by atoms with Gasteiger partial charge in [-0.1, -0.05) is 12.1 Å². The van der Waals surface area contributed by atoms with Crippen LogP contribution >= 0.6 is 11.8 Å². The second kappa shape index (κ2) is 4.13. The molecular weight excluding hydrogens is 180 g/mol. The van der Waals surface area contributed by atoms with Crippen molar-refractivity contribution in [1.29, 1.82) is 0 Å². The largest absolute Gasteiger partial charge is 0.328 e. The van der Waals surface area contributed by atoms with Crippen molar-refractivity contribution < 1.29 is 0 Å². The average molecular weight is 196 g/mol. The molecule has 1 rings (SSSR count). The molecule has 2 nitrogen and oxygen atoms in total. The van der Waals surface area contributed by atoms with Gasteiger partial charge in [0.05, 0.1) is 5.54 Å². The Morgan fingerprint density at radius 1 is 1.31 bits per heavy atom. The van der Waals surface area contributed by atoms with Crippen LogP contribution in [0.3, 0.4) is 0 Å². The highest BCUT2D eigenvalue weighted by Gasteiger charge is 2.18. The zero-order chi connectivity index (χ0) is 9.90. The molecule has 0 radical (unpaired) electrons. The first-order valence-corrected chi connectivity index (χ1v) is 5.46. The predicted octanol–water partition coefficient (Wildman–Crippen LogP) is 1.54. The number of hydrogen-bond acceptors (Lipinski definition) is 3. The van der Waals surface area contributed by atoms with Crippen LogP contribution in [0.25, 0.3) is 0 Å². The third-order valence-electron chi connectivity index (χ3n) is 2.17. The van der Waals surface area contributed by atoms with Crippen molar-refractivity contribution in [2.24, 2.45) is 11.5 Å². The Morgan fingerprint density at radius 2 is 1.85 bits per heavy atom. The van der Waals surface area contributed by atoms with Crippen molar-refractivity contribution in [2.45, 2.75) is 17.4 Å². The molecular formula is C10H16N2S. The Morgan fingerprint density at radius 3 is 2.23 bits per heavy atom. The molecule has 0 amide bonds. The zero-order valence-corrected chi connectivity index (χ0v) is 8.90. The molecule has 1 unspecified atom stereocenters. The van der Waals surface area contributed by atoms with Gasteiger partial charge < -0.3 is 11.5 Å². The second-order valence-corrected chi connectivity index (χ2v) is 4.23. The molecule has 1 atom stereocenters. The van der Waals surface area contributed by atoms with E-state index in [1.54, 1.807) is 11.8 Å². The lowest BCUT2D eigenvalue weighted by molar-refractivity contribution is 0.507. The highest BCUT2D eigenvalue weighted by Crippen LogP contribution is 2.20. The molecule has 0 heterocycles. The van der Waals surface area contributed by atoms with E-state index in [4.69, 9.17) is 11.5 Å². The molecule has 1 aromatic carbocycles. The molecule has 0 aromatic heterocycles. The van der Waals surface area contributed by atoms with Crippen LogP contribution in [0.5, 0.6) is 0 Å². The molecule has 72 valence electrons. The Bertz CT molecular complexity index is 267. The van der Waals surface area contributed by atoms with Gasteiger partial charge in [-0.25, -0.2) is 0 Å². The lowest BCUT2D eigenvalue weighted by atomic mass is 9.94. The molecule has 0 saturated heterocycles. The van der Waals surface area contributed by atoms with Gasteiger partial charge in [-0.3, -0.25) is 0 Å². The van der Waals surface area contributed by atoms with Crippen LogP contribution in [0.2, 0.25) is 0 Å². The Labute approximate surface area is 83.7 Å². The van der Waals surface area contributed by atoms with Crippen LogP contribution in [0.1, 0.15) is 12.5 Å². The van der Waals surface area contributed by atoms with E-state index in [0.717, 1.165) is 5.56 Å². The van der Waals surface area contributed by atoms with Gasteiger partial charge in [0.25, 0.3) is 0 Å². The second-order valence-electron chi connectivity index (χ2n) is 3.35. The van der Waals surface area contributed by atoms with Gasteiger partial charge in [0.15, 0.2) is 0 Å². The van der Waals surface area contributed by atoms with Crippen LogP contribution in [-0.2, 0) is 5.54 Å². The number of hydrogen-bond donors (Lipinski definition) is 2. The van der Waals surface area contributed by atoms with Crippen molar-refractivity contribution in [2.75, 3.05) is 12.8 Å². The average Bonchev–Trinajstić information content (AvgIpc) is 2.18. The van der Waals surface area contributed by atoms with Crippen molar-refractivity contribution in [3.63, 3.8) is 0 Å². The minimum atomic E-state index is -0.406. The van der Waals surface area contributed by atoms with Crippen molar-refractivity contribution in [3.8, 4) is 0 Å². The van der Waals surface area contributed by atoms with Gasteiger partial charge in [0.1, 0.15) is 0 Å². The third kappa shape index (κ3) is 2.46. The molecule has 4 N–H and O–H groups in total. The summed E-state index contributed by atoms with van der Waals surface area (Å²) in [5, 5.41) is 0. The van der Waals surface area contributed by atoms with Gasteiger partial charge in [0, 0.05) is 11.4 Å². The maximum atomic E-state index is 6.00. The quantitative estimate of drug-likeness (QED) is 0.721. The SMILES string of the molecule is CSc1ccc(C(C)(N)CN)cc1. The van der Waals surface area contributed by atoms with Gasteiger partial charge in [-0.15, -0.1) is 11.8 Å². The summed E-state index contributed by atoms with van der Waals surface area (Å²) in [5.41, 5.74) is 12.3. The molecule has 3 heteroatoms. The number of benzene rings is 1. The van der Waals surface area contributed by atoms with E-state index in [2.05, 4.69) is 18.4 Å². The van der Waals surface area contributed by atoms with Crippen molar-refractivity contribution in [3.05, 3.63) is 29.8 Å². The first-order valence-electron chi connectivity index (χ1n) is 4.23. The highest BCUT2D eigenvalue weighted by atomic mass is 32.2. The maximum absolute atomic E-state index is 6.00. The van der Waals surface area contributed by atoms with E-state index >= 15 is 0 Å². The molecule has 0 saturated carbocycles. The molecule has 0 aliphatic rings. The Kier molecular flexibility index (Phi) is 3.36. The van der Waals surface area contributed by atoms with E-state index in [1.165, 1.54) is 4.90 Å². The van der Waals surface area contributed by atoms with Gasteiger partial charge in [-0.2, -0.15) is 0 Å². The summed E-state index contributed by atoms with van der Waals surface area (Å²) in [6.07, 6.45) is 2.06. The van der Waals surface area contributed by atoms with Crippen LogP contribution in [0, 0.1) is 0 Å². The van der Waals surface area contributed by atoms with E-state index in [1.807, 2.05) is 19.1 Å². The first-order chi connectivity index (χ1) is 6.10. The summed E-state index contributed by atoms with van der Waals surface area (Å²) in [6, 6.07) is 8.22. The molecule has 0 spiro atoms. The lowest BCUT2D eigenvalue weighted by Crippen LogP contribution is -2.40. The van der Waals surface area contributed by atoms with Gasteiger partial charge in [0.2, 0.25) is 0 Å². The first kappa shape index (κ1) is 10.6. The summed E-state index contributed by atoms with van der Waals surface area (Å²) in [5.74, 6) is 0.